The number of hydrogen-bond donors (Lipinski definition) is 3. The number of rotatable bonds is 5. The molecule has 4 aromatic rings. The first-order chi connectivity index (χ1) is 14.9. The number of urea groups is 1. The molecule has 0 aliphatic heterocycles. The Morgan fingerprint density at radius 3 is 2.68 bits per heavy atom. The van der Waals surface area contributed by atoms with Crippen molar-refractivity contribution in [2.75, 3.05) is 16.0 Å². The number of thiazole rings is 1. The molecule has 0 spiro atoms. The van der Waals surface area contributed by atoms with Crippen LogP contribution in [0.1, 0.15) is 26.8 Å². The van der Waals surface area contributed by atoms with E-state index in [9.17, 15) is 9.59 Å². The first kappa shape index (κ1) is 20.4. The fourth-order valence-corrected chi connectivity index (χ4v) is 3.84. The van der Waals surface area contributed by atoms with Crippen LogP contribution in [0.2, 0.25) is 0 Å². The fourth-order valence-electron chi connectivity index (χ4n) is 2.94. The number of pyridine rings is 1. The van der Waals surface area contributed by atoms with Crippen molar-refractivity contribution in [1.82, 2.24) is 24.7 Å². The van der Waals surface area contributed by atoms with Gasteiger partial charge in [-0.1, -0.05) is 17.4 Å². The molecule has 3 aromatic heterocycles. The summed E-state index contributed by atoms with van der Waals surface area (Å²) >= 11 is 1.31. The predicted octanol–water partition coefficient (Wildman–Crippen LogP) is 4.13. The Morgan fingerprint density at radius 2 is 1.90 bits per heavy atom. The van der Waals surface area contributed by atoms with Crippen molar-refractivity contribution in [2.45, 2.75) is 26.8 Å². The van der Waals surface area contributed by atoms with Crippen molar-refractivity contribution >= 4 is 50.1 Å². The van der Waals surface area contributed by atoms with Gasteiger partial charge in [-0.05, 0) is 44.2 Å². The quantitative estimate of drug-likeness (QED) is 0.432. The fraction of sp³-hybridized carbons (Fsp3) is 0.200. The van der Waals surface area contributed by atoms with Crippen LogP contribution in [-0.4, -0.2) is 36.7 Å². The zero-order valence-electron chi connectivity index (χ0n) is 17.1. The highest BCUT2D eigenvalue weighted by Crippen LogP contribution is 2.28. The van der Waals surface area contributed by atoms with Crippen LogP contribution in [-0.2, 0) is 4.79 Å². The standard InChI is InChI=1S/C20H20N8O2S/c1-11(2)28-10-21-27-18(28)15-5-4-6-17(23-15)25-19(30)26-20-24-14-8-7-13(22-12(3)29)9-16(14)31-20/h4-11H,1-3H3,(H,22,29)(H2,23,24,25,26,30). The number of aromatic nitrogens is 5. The lowest BCUT2D eigenvalue weighted by atomic mass is 10.3. The Kier molecular flexibility index (Phi) is 5.58. The van der Waals surface area contributed by atoms with E-state index in [1.807, 2.05) is 30.5 Å². The van der Waals surface area contributed by atoms with Crippen molar-refractivity contribution in [3.05, 3.63) is 42.7 Å². The molecule has 31 heavy (non-hydrogen) atoms. The van der Waals surface area contributed by atoms with E-state index in [4.69, 9.17) is 0 Å². The summed E-state index contributed by atoms with van der Waals surface area (Å²) in [6.07, 6.45) is 1.65. The molecular weight excluding hydrogens is 416 g/mol. The maximum atomic E-state index is 12.5. The number of benzene rings is 1. The van der Waals surface area contributed by atoms with Crippen LogP contribution in [0.25, 0.3) is 21.7 Å². The number of nitrogens with one attached hydrogen (secondary N) is 3. The van der Waals surface area contributed by atoms with Crippen molar-refractivity contribution < 1.29 is 9.59 Å². The van der Waals surface area contributed by atoms with Crippen LogP contribution < -0.4 is 16.0 Å². The second-order valence-electron chi connectivity index (χ2n) is 7.03. The van der Waals surface area contributed by atoms with Crippen LogP contribution in [0.5, 0.6) is 0 Å². The van der Waals surface area contributed by atoms with Crippen LogP contribution in [0.3, 0.4) is 0 Å². The lowest BCUT2D eigenvalue weighted by Crippen LogP contribution is -2.20. The first-order valence-electron chi connectivity index (χ1n) is 9.52. The topological polar surface area (TPSA) is 127 Å². The van der Waals surface area contributed by atoms with E-state index in [-0.39, 0.29) is 11.9 Å². The van der Waals surface area contributed by atoms with E-state index < -0.39 is 6.03 Å². The van der Waals surface area contributed by atoms with E-state index in [2.05, 4.69) is 36.1 Å². The zero-order chi connectivity index (χ0) is 22.0. The Bertz CT molecular complexity index is 1260. The van der Waals surface area contributed by atoms with Gasteiger partial charge in [0.1, 0.15) is 17.8 Å². The van der Waals surface area contributed by atoms with E-state index in [1.165, 1.54) is 18.3 Å². The Balaban J connectivity index is 1.48. The highest BCUT2D eigenvalue weighted by atomic mass is 32.1. The number of nitrogens with zero attached hydrogens (tertiary/aromatic N) is 5. The minimum atomic E-state index is -0.462. The lowest BCUT2D eigenvalue weighted by Gasteiger charge is -2.10. The molecule has 0 saturated carbocycles. The van der Waals surface area contributed by atoms with Gasteiger partial charge in [-0.3, -0.25) is 15.4 Å². The van der Waals surface area contributed by atoms with Gasteiger partial charge >= 0.3 is 6.03 Å². The molecule has 0 saturated heterocycles. The molecule has 0 aliphatic rings. The summed E-state index contributed by atoms with van der Waals surface area (Å²) in [5, 5.41) is 16.7. The Labute approximate surface area is 181 Å². The minimum Gasteiger partial charge on any atom is -0.326 e. The molecule has 0 unspecified atom stereocenters. The third-order valence-electron chi connectivity index (χ3n) is 4.28. The average molecular weight is 437 g/mol. The van der Waals surface area contributed by atoms with Gasteiger partial charge in [0, 0.05) is 18.7 Å². The van der Waals surface area contributed by atoms with Gasteiger partial charge in [0.15, 0.2) is 11.0 Å². The summed E-state index contributed by atoms with van der Waals surface area (Å²) in [5.74, 6) is 0.852. The molecule has 11 heteroatoms. The predicted molar refractivity (Wildman–Crippen MR) is 120 cm³/mol. The molecule has 0 bridgehead atoms. The first-order valence-corrected chi connectivity index (χ1v) is 10.3. The molecule has 0 fully saturated rings. The van der Waals surface area contributed by atoms with Gasteiger partial charge in [0.25, 0.3) is 0 Å². The summed E-state index contributed by atoms with van der Waals surface area (Å²) in [7, 11) is 0. The lowest BCUT2D eigenvalue weighted by molar-refractivity contribution is -0.114. The van der Waals surface area contributed by atoms with E-state index in [0.717, 1.165) is 10.2 Å². The summed E-state index contributed by atoms with van der Waals surface area (Å²) in [6, 6.07) is 10.4. The number of hydrogen-bond acceptors (Lipinski definition) is 7. The van der Waals surface area contributed by atoms with Gasteiger partial charge < -0.3 is 9.88 Å². The summed E-state index contributed by atoms with van der Waals surface area (Å²) in [5.41, 5.74) is 2.01. The maximum Gasteiger partial charge on any atom is 0.326 e. The number of carbonyl (C=O) groups excluding carboxylic acids is 2. The Morgan fingerprint density at radius 1 is 1.06 bits per heavy atom. The number of amides is 3. The van der Waals surface area contributed by atoms with Gasteiger partial charge in [0.2, 0.25) is 5.91 Å². The van der Waals surface area contributed by atoms with Gasteiger partial charge in [-0.25, -0.2) is 14.8 Å². The minimum absolute atomic E-state index is 0.150. The average Bonchev–Trinajstić information content (AvgIpc) is 3.34. The molecule has 3 heterocycles. The molecule has 4 rings (SSSR count). The van der Waals surface area contributed by atoms with E-state index in [0.29, 0.717) is 28.2 Å². The maximum absolute atomic E-state index is 12.5. The molecule has 3 N–H and O–H groups in total. The molecule has 1 aromatic carbocycles. The number of anilines is 3. The smallest absolute Gasteiger partial charge is 0.326 e. The molecule has 10 nitrogen and oxygen atoms in total. The number of fused-ring (bicyclic) bond motifs is 1. The molecule has 158 valence electrons. The van der Waals surface area contributed by atoms with Gasteiger partial charge in [-0.2, -0.15) is 0 Å². The summed E-state index contributed by atoms with van der Waals surface area (Å²) in [4.78, 5) is 32.5. The van der Waals surface area contributed by atoms with Crippen molar-refractivity contribution in [3.63, 3.8) is 0 Å². The summed E-state index contributed by atoms with van der Waals surface area (Å²) in [6.45, 7) is 5.50. The monoisotopic (exact) mass is 436 g/mol. The zero-order valence-corrected chi connectivity index (χ0v) is 17.9. The largest absolute Gasteiger partial charge is 0.326 e. The van der Waals surface area contributed by atoms with Crippen LogP contribution >= 0.6 is 11.3 Å². The van der Waals surface area contributed by atoms with Crippen molar-refractivity contribution in [2.24, 2.45) is 0 Å². The third kappa shape index (κ3) is 4.67. The van der Waals surface area contributed by atoms with Crippen LogP contribution in [0.4, 0.5) is 21.4 Å². The van der Waals surface area contributed by atoms with Crippen LogP contribution in [0, 0.1) is 0 Å². The van der Waals surface area contributed by atoms with Crippen LogP contribution in [0.15, 0.2) is 42.7 Å². The molecule has 0 aliphatic carbocycles. The number of carbonyl (C=O) groups is 2. The normalized spacial score (nSPS) is 11.0. The second-order valence-corrected chi connectivity index (χ2v) is 8.06. The Hall–Kier alpha value is -3.86. The molecule has 3 amide bonds. The molecule has 0 atom stereocenters. The molecular formula is C20H20N8O2S. The van der Waals surface area contributed by atoms with Crippen molar-refractivity contribution in [1.29, 1.82) is 0 Å². The third-order valence-corrected chi connectivity index (χ3v) is 5.21. The molecule has 0 radical (unpaired) electrons. The van der Waals surface area contributed by atoms with Crippen molar-refractivity contribution in [3.8, 4) is 11.5 Å². The van der Waals surface area contributed by atoms with Gasteiger partial charge in [0.05, 0.1) is 10.2 Å². The highest BCUT2D eigenvalue weighted by Gasteiger charge is 2.13. The van der Waals surface area contributed by atoms with Gasteiger partial charge in [-0.15, -0.1) is 10.2 Å². The van der Waals surface area contributed by atoms with E-state index in [1.54, 1.807) is 30.6 Å². The highest BCUT2D eigenvalue weighted by molar-refractivity contribution is 7.22. The summed E-state index contributed by atoms with van der Waals surface area (Å²) < 4.78 is 2.75. The second kappa shape index (κ2) is 8.48. The van der Waals surface area contributed by atoms with E-state index >= 15 is 0 Å². The SMILES string of the molecule is CC(=O)Nc1ccc2nc(NC(=O)Nc3cccc(-c4nncn4C(C)C)n3)sc2c1.